The third kappa shape index (κ3) is 6.50. The molecule has 0 aliphatic rings. The molecule has 0 aliphatic heterocycles. The Morgan fingerprint density at radius 3 is 2.50 bits per heavy atom. The van der Waals surface area contributed by atoms with Crippen molar-refractivity contribution in [2.45, 2.75) is 12.8 Å². The summed E-state index contributed by atoms with van der Waals surface area (Å²) in [5.74, 6) is 0.948. The van der Waals surface area contributed by atoms with Gasteiger partial charge < -0.3 is 9.47 Å². The summed E-state index contributed by atoms with van der Waals surface area (Å²) >= 11 is 7.96. The molecule has 0 saturated carbocycles. The number of ether oxygens (including phenoxy) is 2. The molecule has 0 aromatic heterocycles. The van der Waals surface area contributed by atoms with Crippen LogP contribution in [0, 0.1) is 13.7 Å². The number of benzene rings is 3. The van der Waals surface area contributed by atoms with Crippen LogP contribution in [0.1, 0.15) is 16.7 Å². The summed E-state index contributed by atoms with van der Waals surface area (Å²) in [7, 11) is 1.48. The molecule has 3 aromatic carbocycles. The zero-order valence-electron chi connectivity index (χ0n) is 17.4. The highest BCUT2D eigenvalue weighted by Crippen LogP contribution is 2.36. The van der Waals surface area contributed by atoms with Crippen LogP contribution in [0.2, 0.25) is 5.02 Å². The van der Waals surface area contributed by atoms with Gasteiger partial charge in [-0.05, 0) is 70.1 Å². The second kappa shape index (κ2) is 10.9. The highest BCUT2D eigenvalue weighted by Gasteiger charge is 2.33. The Labute approximate surface area is 210 Å². The first-order valence-corrected chi connectivity index (χ1v) is 10.9. The summed E-state index contributed by atoms with van der Waals surface area (Å²) in [5.41, 5.74) is 1.85. The van der Waals surface area contributed by atoms with E-state index < -0.39 is 22.4 Å². The number of methoxy groups -OCH3 is 1. The molecule has 12 heteroatoms. The zero-order valence-corrected chi connectivity index (χ0v) is 20.3. The Morgan fingerprint density at radius 1 is 1.18 bits per heavy atom. The molecule has 0 amide bonds. The van der Waals surface area contributed by atoms with Gasteiger partial charge in [0.2, 0.25) is 0 Å². The van der Waals surface area contributed by atoms with E-state index >= 15 is 0 Å². The van der Waals surface area contributed by atoms with Gasteiger partial charge in [0, 0.05) is 11.1 Å². The fourth-order valence-corrected chi connectivity index (χ4v) is 3.73. The Bertz CT molecular complexity index is 1220. The van der Waals surface area contributed by atoms with E-state index in [4.69, 9.17) is 21.1 Å². The van der Waals surface area contributed by atoms with Crippen LogP contribution in [0.15, 0.2) is 59.7 Å². The van der Waals surface area contributed by atoms with E-state index in [0.717, 1.165) is 17.7 Å². The Morgan fingerprint density at radius 2 is 1.88 bits per heavy atom. The summed E-state index contributed by atoms with van der Waals surface area (Å²) in [6, 6.07) is 12.7. The van der Waals surface area contributed by atoms with Crippen molar-refractivity contribution in [3.63, 3.8) is 0 Å². The number of rotatable bonds is 8. The van der Waals surface area contributed by atoms with Crippen molar-refractivity contribution in [3.05, 3.63) is 90.0 Å². The Kier molecular flexibility index (Phi) is 8.20. The number of nitrogens with zero attached hydrogens (tertiary/aromatic N) is 2. The van der Waals surface area contributed by atoms with Gasteiger partial charge in [-0.25, -0.2) is 0 Å². The molecule has 178 valence electrons. The maximum Gasteiger partial charge on any atom is 0.416 e. The van der Waals surface area contributed by atoms with Gasteiger partial charge >= 0.3 is 6.18 Å². The molecule has 1 N–H and O–H groups in total. The molecule has 0 bridgehead atoms. The SMILES string of the molecule is COc1cc(/C=N/Nc2ccc(C(F)(F)F)cc2[N+](=O)[O-])cc(I)c1OCc1ccc(Cl)cc1. The van der Waals surface area contributed by atoms with Gasteiger partial charge in [-0.2, -0.15) is 18.3 Å². The first-order chi connectivity index (χ1) is 16.1. The molecule has 34 heavy (non-hydrogen) atoms. The van der Waals surface area contributed by atoms with Crippen LogP contribution >= 0.6 is 34.2 Å². The van der Waals surface area contributed by atoms with Crippen LogP contribution in [0.5, 0.6) is 11.5 Å². The predicted molar refractivity (Wildman–Crippen MR) is 131 cm³/mol. The number of hydrogen-bond acceptors (Lipinski definition) is 6. The fraction of sp³-hybridized carbons (Fsp3) is 0.136. The number of alkyl halides is 3. The number of nitrogens with one attached hydrogen (secondary N) is 1. The lowest BCUT2D eigenvalue weighted by Crippen LogP contribution is -2.06. The molecule has 3 aromatic rings. The van der Waals surface area contributed by atoms with Crippen LogP contribution in [-0.2, 0) is 12.8 Å². The molecular weight excluding hydrogens is 590 g/mol. The van der Waals surface area contributed by atoms with Gasteiger partial charge in [-0.3, -0.25) is 15.5 Å². The maximum absolute atomic E-state index is 12.8. The summed E-state index contributed by atoms with van der Waals surface area (Å²) in [6.07, 6.45) is -3.34. The number of nitro benzene ring substituents is 1. The number of halogens is 5. The highest BCUT2D eigenvalue weighted by atomic mass is 127. The van der Waals surface area contributed by atoms with Crippen molar-refractivity contribution in [1.82, 2.24) is 0 Å². The van der Waals surface area contributed by atoms with E-state index in [9.17, 15) is 23.3 Å². The number of hydrogen-bond donors (Lipinski definition) is 1. The van der Waals surface area contributed by atoms with Gasteiger partial charge in [0.25, 0.3) is 5.69 Å². The number of anilines is 1. The van der Waals surface area contributed by atoms with Gasteiger partial charge in [-0.15, -0.1) is 0 Å². The molecule has 0 heterocycles. The third-order valence-electron chi connectivity index (χ3n) is 4.47. The molecule has 0 radical (unpaired) electrons. The van der Waals surface area contributed by atoms with Crippen LogP contribution in [0.3, 0.4) is 0 Å². The second-order valence-electron chi connectivity index (χ2n) is 6.81. The minimum atomic E-state index is -4.70. The summed E-state index contributed by atoms with van der Waals surface area (Å²) in [4.78, 5) is 10.3. The van der Waals surface area contributed by atoms with E-state index in [0.29, 0.717) is 31.7 Å². The van der Waals surface area contributed by atoms with E-state index in [1.54, 1.807) is 24.3 Å². The third-order valence-corrected chi connectivity index (χ3v) is 5.52. The minimum Gasteiger partial charge on any atom is -0.493 e. The zero-order chi connectivity index (χ0) is 24.9. The first-order valence-electron chi connectivity index (χ1n) is 9.48. The number of nitro groups is 1. The van der Waals surface area contributed by atoms with Gasteiger partial charge in [0.15, 0.2) is 11.5 Å². The first kappa shape index (κ1) is 25.6. The number of hydrazone groups is 1. The lowest BCUT2D eigenvalue weighted by molar-refractivity contribution is -0.384. The molecular formula is C22H16ClF3IN3O4. The van der Waals surface area contributed by atoms with Gasteiger partial charge in [-0.1, -0.05) is 23.7 Å². The molecule has 3 rings (SSSR count). The average Bonchev–Trinajstić information content (AvgIpc) is 2.78. The summed E-state index contributed by atoms with van der Waals surface area (Å²) < 4.78 is 50.5. The van der Waals surface area contributed by atoms with Crippen molar-refractivity contribution >= 4 is 51.8 Å². The Hall–Kier alpha value is -3.06. The Balaban J connectivity index is 1.77. The quantitative estimate of drug-likeness (QED) is 0.131. The molecule has 0 unspecified atom stereocenters. The maximum atomic E-state index is 12.8. The van der Waals surface area contributed by atoms with Crippen LogP contribution in [0.4, 0.5) is 24.5 Å². The van der Waals surface area contributed by atoms with Crippen molar-refractivity contribution in [3.8, 4) is 11.5 Å². The van der Waals surface area contributed by atoms with Crippen molar-refractivity contribution in [2.24, 2.45) is 5.10 Å². The largest absolute Gasteiger partial charge is 0.493 e. The molecule has 0 fully saturated rings. The van der Waals surface area contributed by atoms with E-state index in [-0.39, 0.29) is 12.3 Å². The van der Waals surface area contributed by atoms with E-state index in [1.165, 1.54) is 13.3 Å². The molecule has 0 aliphatic carbocycles. The van der Waals surface area contributed by atoms with E-state index in [2.05, 4.69) is 33.1 Å². The van der Waals surface area contributed by atoms with Gasteiger partial charge in [0.05, 0.1) is 27.4 Å². The van der Waals surface area contributed by atoms with Gasteiger partial charge in [0.1, 0.15) is 12.3 Å². The van der Waals surface area contributed by atoms with Crippen LogP contribution in [-0.4, -0.2) is 18.2 Å². The molecule has 7 nitrogen and oxygen atoms in total. The molecule has 0 atom stereocenters. The second-order valence-corrected chi connectivity index (χ2v) is 8.40. The monoisotopic (exact) mass is 605 g/mol. The fourth-order valence-electron chi connectivity index (χ4n) is 2.82. The van der Waals surface area contributed by atoms with Crippen LogP contribution < -0.4 is 14.9 Å². The summed E-state index contributed by atoms with van der Waals surface area (Å²) in [6.45, 7) is 0.288. The smallest absolute Gasteiger partial charge is 0.416 e. The lowest BCUT2D eigenvalue weighted by Gasteiger charge is -2.13. The average molecular weight is 606 g/mol. The van der Waals surface area contributed by atoms with Crippen molar-refractivity contribution in [2.75, 3.05) is 12.5 Å². The van der Waals surface area contributed by atoms with Crippen molar-refractivity contribution in [1.29, 1.82) is 0 Å². The minimum absolute atomic E-state index is 0.182. The highest BCUT2D eigenvalue weighted by molar-refractivity contribution is 14.1. The topological polar surface area (TPSA) is 86.0 Å². The normalized spacial score (nSPS) is 11.5. The molecule has 0 spiro atoms. The molecule has 0 saturated heterocycles. The standard InChI is InChI=1S/C22H16ClF3IN3O4/c1-33-20-9-14(8-17(27)21(20)34-12-13-2-5-16(23)6-3-13)11-28-29-18-7-4-15(22(24,25)26)10-19(18)30(31)32/h2-11,29H,12H2,1H3/b28-11+. The predicted octanol–water partition coefficient (Wildman–Crippen LogP) is 6.91. The van der Waals surface area contributed by atoms with Crippen molar-refractivity contribution < 1.29 is 27.6 Å². The summed E-state index contributed by atoms with van der Waals surface area (Å²) in [5, 5.41) is 15.7. The van der Waals surface area contributed by atoms with E-state index in [1.807, 2.05) is 12.1 Å². The van der Waals surface area contributed by atoms with Crippen LogP contribution in [0.25, 0.3) is 0 Å². The lowest BCUT2D eigenvalue weighted by atomic mass is 10.1.